The molecule has 2 aromatic heterocycles. The van der Waals surface area contributed by atoms with Crippen LogP contribution in [0.2, 0.25) is 5.02 Å². The van der Waals surface area contributed by atoms with Crippen LogP contribution in [0.25, 0.3) is 0 Å². The van der Waals surface area contributed by atoms with E-state index in [-0.39, 0.29) is 5.82 Å². The summed E-state index contributed by atoms with van der Waals surface area (Å²) in [4.78, 5) is 0. The van der Waals surface area contributed by atoms with Crippen LogP contribution in [0.15, 0.2) is 67.1 Å². The van der Waals surface area contributed by atoms with E-state index in [1.807, 2.05) is 23.0 Å². The minimum Gasteiger partial charge on any atom is -0.330 e. The molecule has 0 saturated carbocycles. The van der Waals surface area contributed by atoms with Crippen LogP contribution in [0.4, 0.5) is 15.9 Å². The summed E-state index contributed by atoms with van der Waals surface area (Å²) in [5, 5.41) is 15.7. The maximum atomic E-state index is 13.1. The lowest BCUT2D eigenvalue weighted by molar-refractivity contribution is 0.624. The number of aromatic nitrogens is 4. The first-order valence-electron chi connectivity index (χ1n) is 9.58. The Morgan fingerprint density at radius 1 is 1.03 bits per heavy atom. The Labute approximate surface area is 189 Å². The summed E-state index contributed by atoms with van der Waals surface area (Å²) in [5.74, 6) is 0.164. The number of halogens is 2. The van der Waals surface area contributed by atoms with Gasteiger partial charge < -0.3 is 10.6 Å². The highest BCUT2D eigenvalue weighted by molar-refractivity contribution is 7.80. The highest BCUT2D eigenvalue weighted by atomic mass is 35.5. The topological polar surface area (TPSA) is 59.7 Å². The molecule has 158 valence electrons. The number of nitrogens with zero attached hydrogens (tertiary/aromatic N) is 4. The standard InChI is InChI=1S/C22H20ClFN6S/c1-15-4-2-3-5-17(15)12-29-13-19(10-25-29)26-22(31)27-21-20(23)14-30(28-21)11-16-6-8-18(24)9-7-16/h2-10,13-14H,11-12H2,1H3,(H2,26,27,28,31). The number of nitrogens with one attached hydrogen (secondary N) is 2. The number of thiocarbonyl (C=S) groups is 1. The number of hydrogen-bond acceptors (Lipinski definition) is 3. The number of rotatable bonds is 6. The fraction of sp³-hybridized carbons (Fsp3) is 0.136. The van der Waals surface area contributed by atoms with Crippen molar-refractivity contribution in [2.24, 2.45) is 0 Å². The van der Waals surface area contributed by atoms with E-state index < -0.39 is 0 Å². The Balaban J connectivity index is 1.36. The summed E-state index contributed by atoms with van der Waals surface area (Å²) < 4.78 is 16.6. The molecule has 0 aliphatic rings. The van der Waals surface area contributed by atoms with E-state index in [1.165, 1.54) is 23.3 Å². The van der Waals surface area contributed by atoms with Crippen LogP contribution in [-0.4, -0.2) is 24.7 Å². The third kappa shape index (κ3) is 5.48. The average molecular weight is 455 g/mol. The zero-order chi connectivity index (χ0) is 21.8. The third-order valence-corrected chi connectivity index (χ3v) is 5.17. The van der Waals surface area contributed by atoms with Crippen molar-refractivity contribution in [3.8, 4) is 0 Å². The van der Waals surface area contributed by atoms with Gasteiger partial charge in [-0.15, -0.1) is 0 Å². The van der Waals surface area contributed by atoms with Crippen LogP contribution in [0.3, 0.4) is 0 Å². The van der Waals surface area contributed by atoms with E-state index in [0.29, 0.717) is 29.0 Å². The highest BCUT2D eigenvalue weighted by Gasteiger charge is 2.10. The first kappa shape index (κ1) is 21.0. The molecule has 0 unspecified atom stereocenters. The van der Waals surface area contributed by atoms with Gasteiger partial charge in [0.15, 0.2) is 10.9 Å². The van der Waals surface area contributed by atoms with Gasteiger partial charge in [0.2, 0.25) is 0 Å². The lowest BCUT2D eigenvalue weighted by atomic mass is 10.1. The van der Waals surface area contributed by atoms with Gasteiger partial charge in [0, 0.05) is 12.4 Å². The average Bonchev–Trinajstić information content (AvgIpc) is 3.31. The molecular formula is C22H20ClFN6S. The molecule has 2 N–H and O–H groups in total. The fourth-order valence-corrected chi connectivity index (χ4v) is 3.50. The van der Waals surface area contributed by atoms with Crippen LogP contribution in [0.5, 0.6) is 0 Å². The van der Waals surface area contributed by atoms with Crippen LogP contribution in [0, 0.1) is 12.7 Å². The monoisotopic (exact) mass is 454 g/mol. The van der Waals surface area contributed by atoms with E-state index in [1.54, 1.807) is 29.2 Å². The van der Waals surface area contributed by atoms with Crippen molar-refractivity contribution in [2.45, 2.75) is 20.0 Å². The second-order valence-electron chi connectivity index (χ2n) is 7.08. The van der Waals surface area contributed by atoms with Crippen molar-refractivity contribution >= 4 is 40.4 Å². The van der Waals surface area contributed by atoms with Crippen molar-refractivity contribution in [1.82, 2.24) is 19.6 Å². The normalized spacial score (nSPS) is 10.8. The minimum atomic E-state index is -0.275. The van der Waals surface area contributed by atoms with Crippen LogP contribution in [0.1, 0.15) is 16.7 Å². The summed E-state index contributed by atoms with van der Waals surface area (Å²) in [6.45, 7) is 3.22. The van der Waals surface area contributed by atoms with Gasteiger partial charge >= 0.3 is 0 Å². The van der Waals surface area contributed by atoms with E-state index in [4.69, 9.17) is 23.8 Å². The summed E-state index contributed by atoms with van der Waals surface area (Å²) in [7, 11) is 0. The van der Waals surface area contributed by atoms with E-state index in [0.717, 1.165) is 11.3 Å². The van der Waals surface area contributed by atoms with Gasteiger partial charge in [0.1, 0.15) is 10.8 Å². The van der Waals surface area contributed by atoms with Crippen LogP contribution < -0.4 is 10.6 Å². The molecule has 4 aromatic rings. The summed E-state index contributed by atoms with van der Waals surface area (Å²) in [6, 6.07) is 14.4. The number of anilines is 2. The SMILES string of the molecule is Cc1ccccc1Cn1cc(NC(=S)Nc2nn(Cc3ccc(F)cc3)cc2Cl)cn1. The lowest BCUT2D eigenvalue weighted by Crippen LogP contribution is -2.19. The molecule has 6 nitrogen and oxygen atoms in total. The molecule has 0 amide bonds. The maximum Gasteiger partial charge on any atom is 0.176 e. The Bertz CT molecular complexity index is 1200. The summed E-state index contributed by atoms with van der Waals surface area (Å²) in [6.07, 6.45) is 5.28. The predicted octanol–water partition coefficient (Wildman–Crippen LogP) is 5.09. The molecule has 0 saturated heterocycles. The van der Waals surface area contributed by atoms with Crippen molar-refractivity contribution in [3.05, 3.63) is 94.7 Å². The zero-order valence-corrected chi connectivity index (χ0v) is 18.3. The first-order valence-corrected chi connectivity index (χ1v) is 10.4. The van der Waals surface area contributed by atoms with Gasteiger partial charge in [0.05, 0.1) is 25.0 Å². The fourth-order valence-electron chi connectivity index (χ4n) is 3.09. The van der Waals surface area contributed by atoms with Crippen molar-refractivity contribution in [3.63, 3.8) is 0 Å². The molecule has 31 heavy (non-hydrogen) atoms. The third-order valence-electron chi connectivity index (χ3n) is 4.69. The largest absolute Gasteiger partial charge is 0.330 e. The van der Waals surface area contributed by atoms with E-state index >= 15 is 0 Å². The maximum absolute atomic E-state index is 13.1. The quantitative estimate of drug-likeness (QED) is 0.397. The lowest BCUT2D eigenvalue weighted by Gasteiger charge is -2.07. The molecule has 0 bridgehead atoms. The Morgan fingerprint density at radius 3 is 2.58 bits per heavy atom. The van der Waals surface area contributed by atoms with Crippen LogP contribution >= 0.6 is 23.8 Å². The molecule has 0 atom stereocenters. The molecule has 9 heteroatoms. The Kier molecular flexibility index (Phi) is 6.29. The van der Waals surface area contributed by atoms with Gasteiger partial charge in [-0.25, -0.2) is 4.39 Å². The molecule has 0 fully saturated rings. The Morgan fingerprint density at radius 2 is 1.81 bits per heavy atom. The molecule has 2 heterocycles. The molecular weight excluding hydrogens is 435 g/mol. The second-order valence-corrected chi connectivity index (χ2v) is 7.90. The summed E-state index contributed by atoms with van der Waals surface area (Å²) >= 11 is 11.7. The van der Waals surface area contributed by atoms with Crippen LogP contribution in [-0.2, 0) is 13.1 Å². The Hall–Kier alpha value is -3.23. The van der Waals surface area contributed by atoms with E-state index in [2.05, 4.69) is 39.9 Å². The molecule has 0 aliphatic heterocycles. The van der Waals surface area contributed by atoms with Crippen molar-refractivity contribution in [1.29, 1.82) is 0 Å². The van der Waals surface area contributed by atoms with Crippen molar-refractivity contribution < 1.29 is 4.39 Å². The smallest absolute Gasteiger partial charge is 0.176 e. The van der Waals surface area contributed by atoms with Gasteiger partial charge in [-0.1, -0.05) is 48.0 Å². The number of aryl methyl sites for hydroxylation is 1. The molecule has 0 radical (unpaired) electrons. The van der Waals surface area contributed by atoms with E-state index in [9.17, 15) is 4.39 Å². The summed E-state index contributed by atoms with van der Waals surface area (Å²) in [5.41, 5.74) is 4.09. The van der Waals surface area contributed by atoms with Gasteiger partial charge in [-0.2, -0.15) is 10.2 Å². The molecule has 4 rings (SSSR count). The molecule has 2 aromatic carbocycles. The zero-order valence-electron chi connectivity index (χ0n) is 16.7. The van der Waals surface area contributed by atoms with Gasteiger partial charge in [-0.3, -0.25) is 9.36 Å². The van der Waals surface area contributed by atoms with Gasteiger partial charge in [0.25, 0.3) is 0 Å². The van der Waals surface area contributed by atoms with Gasteiger partial charge in [-0.05, 0) is 48.0 Å². The number of hydrogen-bond donors (Lipinski definition) is 2. The first-order chi connectivity index (χ1) is 15.0. The molecule has 0 spiro atoms. The number of benzene rings is 2. The predicted molar refractivity (Wildman–Crippen MR) is 125 cm³/mol. The second kappa shape index (κ2) is 9.28. The minimum absolute atomic E-state index is 0.275. The highest BCUT2D eigenvalue weighted by Crippen LogP contribution is 2.21. The molecule has 0 aliphatic carbocycles. The van der Waals surface area contributed by atoms with Crippen molar-refractivity contribution in [2.75, 3.05) is 10.6 Å².